The summed E-state index contributed by atoms with van der Waals surface area (Å²) in [5.41, 5.74) is 11.0. The minimum atomic E-state index is 0.685. The third kappa shape index (κ3) is 4.95. The molecule has 0 N–H and O–H groups in total. The zero-order chi connectivity index (χ0) is 33.0. The van der Waals surface area contributed by atoms with Gasteiger partial charge in [0.15, 0.2) is 5.82 Å². The van der Waals surface area contributed by atoms with Crippen molar-refractivity contribution in [1.29, 1.82) is 0 Å². The second-order valence-corrected chi connectivity index (χ2v) is 13.6. The summed E-state index contributed by atoms with van der Waals surface area (Å²) in [5.74, 6) is 0.685. The Labute approximate surface area is 292 Å². The zero-order valence-corrected chi connectivity index (χ0v) is 27.6. The highest BCUT2D eigenvalue weighted by atomic mass is 32.1. The van der Waals surface area contributed by atoms with E-state index in [1.165, 1.54) is 20.2 Å². The molecule has 0 radical (unpaired) electrons. The molecule has 4 heterocycles. The van der Waals surface area contributed by atoms with E-state index in [-0.39, 0.29) is 0 Å². The van der Waals surface area contributed by atoms with Crippen LogP contribution in [-0.4, -0.2) is 15.0 Å². The fourth-order valence-electron chi connectivity index (χ4n) is 6.84. The van der Waals surface area contributed by atoms with E-state index < -0.39 is 0 Å². The maximum absolute atomic E-state index is 6.18. The van der Waals surface area contributed by atoms with Crippen LogP contribution in [0.5, 0.6) is 0 Å². The molecule has 0 saturated heterocycles. The summed E-state index contributed by atoms with van der Waals surface area (Å²) >= 11 is 1.82. The minimum absolute atomic E-state index is 0.685. The summed E-state index contributed by atoms with van der Waals surface area (Å²) in [6.45, 7) is 0. The van der Waals surface area contributed by atoms with Gasteiger partial charge in [0.25, 0.3) is 0 Å². The van der Waals surface area contributed by atoms with E-state index in [1.807, 2.05) is 41.8 Å². The van der Waals surface area contributed by atoms with Gasteiger partial charge >= 0.3 is 0 Å². The number of hydrogen-bond acceptors (Lipinski definition) is 5. The molecule has 10 aromatic rings. The van der Waals surface area contributed by atoms with Crippen LogP contribution < -0.4 is 0 Å². The number of benzene rings is 6. The van der Waals surface area contributed by atoms with Crippen molar-refractivity contribution in [2.75, 3.05) is 0 Å². The minimum Gasteiger partial charge on any atom is -0.456 e. The Morgan fingerprint density at radius 2 is 1.04 bits per heavy atom. The molecule has 6 aromatic carbocycles. The second-order valence-electron chi connectivity index (χ2n) is 12.5. The summed E-state index contributed by atoms with van der Waals surface area (Å²) in [4.78, 5) is 14.6. The van der Waals surface area contributed by atoms with Gasteiger partial charge in [0, 0.05) is 60.0 Å². The molecule has 4 aromatic heterocycles. The smallest absolute Gasteiger partial charge is 0.160 e. The standard InChI is InChI=1S/C45H27N3OS/c1-3-9-41-35(7-1)36-21-19-32(25-42(36)49-41)28-11-15-30(16-12-28)39-26-40(33-20-22-44-38(24-33)37-8-2-4-10-43(37)50-44)48-45(47-39)31-17-13-29(14-18-31)34-6-5-23-46-27-34/h1-27H. The van der Waals surface area contributed by atoms with Crippen LogP contribution in [0.25, 0.3) is 98.3 Å². The Morgan fingerprint density at radius 3 is 1.86 bits per heavy atom. The predicted molar refractivity (Wildman–Crippen MR) is 207 cm³/mol. The molecule has 0 spiro atoms. The van der Waals surface area contributed by atoms with Crippen LogP contribution in [0.4, 0.5) is 0 Å². The number of rotatable bonds is 5. The number of aromatic nitrogens is 3. The van der Waals surface area contributed by atoms with Crippen LogP contribution in [-0.2, 0) is 0 Å². The highest BCUT2D eigenvalue weighted by molar-refractivity contribution is 7.25. The number of pyridine rings is 1. The first-order chi connectivity index (χ1) is 24.7. The van der Waals surface area contributed by atoms with Crippen molar-refractivity contribution in [3.8, 4) is 56.2 Å². The molecule has 0 aliphatic carbocycles. The van der Waals surface area contributed by atoms with Gasteiger partial charge in [0.2, 0.25) is 0 Å². The molecule has 0 amide bonds. The quantitative estimate of drug-likeness (QED) is 0.185. The average molecular weight is 658 g/mol. The molecular formula is C45H27N3OS. The van der Waals surface area contributed by atoms with E-state index >= 15 is 0 Å². The monoisotopic (exact) mass is 657 g/mol. The molecule has 4 nitrogen and oxygen atoms in total. The normalized spacial score (nSPS) is 11.6. The fourth-order valence-corrected chi connectivity index (χ4v) is 7.93. The van der Waals surface area contributed by atoms with Crippen LogP contribution in [0.3, 0.4) is 0 Å². The van der Waals surface area contributed by atoms with E-state index in [0.29, 0.717) is 5.82 Å². The van der Waals surface area contributed by atoms with Crippen LogP contribution >= 0.6 is 11.3 Å². The lowest BCUT2D eigenvalue weighted by atomic mass is 10.00. The fraction of sp³-hybridized carbons (Fsp3) is 0. The number of fused-ring (bicyclic) bond motifs is 6. The Morgan fingerprint density at radius 1 is 0.400 bits per heavy atom. The van der Waals surface area contributed by atoms with Gasteiger partial charge in [0.1, 0.15) is 11.2 Å². The molecule has 5 heteroatoms. The van der Waals surface area contributed by atoms with Crippen LogP contribution in [0.15, 0.2) is 168 Å². The molecule has 0 saturated carbocycles. The van der Waals surface area contributed by atoms with Gasteiger partial charge in [-0.05, 0) is 70.8 Å². The second kappa shape index (κ2) is 11.6. The lowest BCUT2D eigenvalue weighted by molar-refractivity contribution is 0.669. The predicted octanol–water partition coefficient (Wildman–Crippen LogP) is 12.5. The van der Waals surface area contributed by atoms with Crippen molar-refractivity contribution in [1.82, 2.24) is 15.0 Å². The van der Waals surface area contributed by atoms with Crippen LogP contribution in [0, 0.1) is 0 Å². The maximum Gasteiger partial charge on any atom is 0.160 e. The molecular weight excluding hydrogens is 631 g/mol. The van der Waals surface area contributed by atoms with Crippen molar-refractivity contribution < 1.29 is 4.42 Å². The molecule has 0 bridgehead atoms. The zero-order valence-electron chi connectivity index (χ0n) is 26.7. The summed E-state index contributed by atoms with van der Waals surface area (Å²) in [6, 6.07) is 53.1. The van der Waals surface area contributed by atoms with Gasteiger partial charge in [0.05, 0.1) is 11.4 Å². The number of hydrogen-bond donors (Lipinski definition) is 0. The van der Waals surface area contributed by atoms with Crippen molar-refractivity contribution in [2.45, 2.75) is 0 Å². The lowest BCUT2D eigenvalue weighted by Gasteiger charge is -2.11. The van der Waals surface area contributed by atoms with E-state index in [2.05, 4.69) is 132 Å². The molecule has 234 valence electrons. The van der Waals surface area contributed by atoms with Gasteiger partial charge in [-0.15, -0.1) is 11.3 Å². The van der Waals surface area contributed by atoms with E-state index in [9.17, 15) is 0 Å². The number of nitrogens with zero attached hydrogens (tertiary/aromatic N) is 3. The Bertz CT molecular complexity index is 2850. The molecule has 0 aliphatic heterocycles. The molecule has 10 rings (SSSR count). The summed E-state index contributed by atoms with van der Waals surface area (Å²) in [7, 11) is 0. The molecule has 50 heavy (non-hydrogen) atoms. The van der Waals surface area contributed by atoms with Crippen LogP contribution in [0.1, 0.15) is 0 Å². The molecule has 0 aliphatic rings. The maximum atomic E-state index is 6.18. The third-order valence-electron chi connectivity index (χ3n) is 9.43. The van der Waals surface area contributed by atoms with Gasteiger partial charge in [-0.2, -0.15) is 0 Å². The first-order valence-corrected chi connectivity index (χ1v) is 17.4. The largest absolute Gasteiger partial charge is 0.456 e. The van der Waals surface area contributed by atoms with Crippen molar-refractivity contribution in [3.05, 3.63) is 164 Å². The van der Waals surface area contributed by atoms with Gasteiger partial charge in [-0.1, -0.05) is 103 Å². The molecule has 0 fully saturated rings. The Balaban J connectivity index is 1.07. The van der Waals surface area contributed by atoms with Crippen LogP contribution in [0.2, 0.25) is 0 Å². The number of para-hydroxylation sites is 1. The SMILES string of the molecule is c1cncc(-c2ccc(-c3nc(-c4ccc(-c5ccc6c(c5)oc5ccccc56)cc4)cc(-c4ccc5sc6ccccc6c5c4)n3)cc2)c1. The Kier molecular flexibility index (Phi) is 6.64. The van der Waals surface area contributed by atoms with Crippen molar-refractivity contribution in [3.63, 3.8) is 0 Å². The number of thiophene rings is 1. The van der Waals surface area contributed by atoms with Gasteiger partial charge in [-0.3, -0.25) is 4.98 Å². The van der Waals surface area contributed by atoms with Crippen molar-refractivity contribution >= 4 is 53.4 Å². The van der Waals surface area contributed by atoms with Gasteiger partial charge < -0.3 is 4.42 Å². The summed E-state index contributed by atoms with van der Waals surface area (Å²) in [6.07, 6.45) is 3.67. The summed E-state index contributed by atoms with van der Waals surface area (Å²) in [5, 5.41) is 4.78. The van der Waals surface area contributed by atoms with E-state index in [0.717, 1.165) is 72.3 Å². The number of furan rings is 1. The molecule has 0 unspecified atom stereocenters. The highest BCUT2D eigenvalue weighted by Gasteiger charge is 2.14. The van der Waals surface area contributed by atoms with E-state index in [1.54, 1.807) is 6.20 Å². The molecule has 0 atom stereocenters. The topological polar surface area (TPSA) is 51.8 Å². The Hall–Kier alpha value is -6.43. The average Bonchev–Trinajstić information content (AvgIpc) is 3.76. The lowest BCUT2D eigenvalue weighted by Crippen LogP contribution is -1.96. The first-order valence-electron chi connectivity index (χ1n) is 16.6. The first kappa shape index (κ1) is 28.6. The van der Waals surface area contributed by atoms with Crippen molar-refractivity contribution in [2.24, 2.45) is 0 Å². The third-order valence-corrected chi connectivity index (χ3v) is 10.6. The van der Waals surface area contributed by atoms with E-state index in [4.69, 9.17) is 14.4 Å². The highest BCUT2D eigenvalue weighted by Crippen LogP contribution is 2.38. The summed E-state index contributed by atoms with van der Waals surface area (Å²) < 4.78 is 8.74. The van der Waals surface area contributed by atoms with Gasteiger partial charge in [-0.25, -0.2) is 9.97 Å².